The van der Waals surface area contributed by atoms with Crippen LogP contribution in [-0.2, 0) is 0 Å². The number of aryl methyl sites for hydroxylation is 1. The van der Waals surface area contributed by atoms with Gasteiger partial charge in [0.1, 0.15) is 34.7 Å². The van der Waals surface area contributed by atoms with Gasteiger partial charge in [-0.2, -0.15) is 0 Å². The van der Waals surface area contributed by atoms with Crippen molar-refractivity contribution in [3.05, 3.63) is 76.2 Å². The maximum atomic E-state index is 13.7. The third kappa shape index (κ3) is 4.20. The van der Waals surface area contributed by atoms with Gasteiger partial charge in [0.15, 0.2) is 0 Å². The summed E-state index contributed by atoms with van der Waals surface area (Å²) in [5.41, 5.74) is 0.966. The second kappa shape index (κ2) is 7.67. The van der Waals surface area contributed by atoms with Crippen molar-refractivity contribution in [1.29, 1.82) is 0 Å². The Balaban J connectivity index is 1.89. The number of rotatable bonds is 4. The van der Waals surface area contributed by atoms with E-state index in [1.165, 1.54) is 12.1 Å². The van der Waals surface area contributed by atoms with E-state index in [-0.39, 0.29) is 5.69 Å². The van der Waals surface area contributed by atoms with Crippen LogP contribution in [0, 0.1) is 25.5 Å². The standard InChI is InChI=1S/C19H15ClF2N4O/c1-10-12(20)5-3-8-15(10)25-17-9-16(23-11(2)24-17)19(27)26-18-13(21)6-4-7-14(18)22/h3-9H,1-2H3,(H,26,27)(H,23,24,25). The summed E-state index contributed by atoms with van der Waals surface area (Å²) in [4.78, 5) is 20.7. The minimum atomic E-state index is -0.873. The van der Waals surface area contributed by atoms with Crippen LogP contribution >= 0.6 is 11.6 Å². The summed E-state index contributed by atoms with van der Waals surface area (Å²) >= 11 is 6.11. The Labute approximate surface area is 159 Å². The monoisotopic (exact) mass is 388 g/mol. The lowest BCUT2D eigenvalue weighted by Crippen LogP contribution is -2.17. The first-order valence-electron chi connectivity index (χ1n) is 7.98. The lowest BCUT2D eigenvalue weighted by atomic mass is 10.2. The van der Waals surface area contributed by atoms with Crippen molar-refractivity contribution in [1.82, 2.24) is 9.97 Å². The zero-order chi connectivity index (χ0) is 19.6. The second-order valence-corrected chi connectivity index (χ2v) is 6.18. The Morgan fingerprint density at radius 3 is 2.41 bits per heavy atom. The lowest BCUT2D eigenvalue weighted by Gasteiger charge is -2.12. The predicted molar refractivity (Wildman–Crippen MR) is 101 cm³/mol. The molecule has 0 saturated heterocycles. The highest BCUT2D eigenvalue weighted by molar-refractivity contribution is 6.31. The van der Waals surface area contributed by atoms with E-state index in [0.717, 1.165) is 17.7 Å². The minimum absolute atomic E-state index is 0.0349. The molecule has 0 fully saturated rings. The van der Waals surface area contributed by atoms with Crippen LogP contribution in [0.5, 0.6) is 0 Å². The zero-order valence-corrected chi connectivity index (χ0v) is 15.2. The number of aromatic nitrogens is 2. The highest BCUT2D eigenvalue weighted by Gasteiger charge is 2.16. The molecule has 0 aliphatic heterocycles. The van der Waals surface area contributed by atoms with Crippen LogP contribution in [0.3, 0.4) is 0 Å². The fourth-order valence-electron chi connectivity index (χ4n) is 2.42. The fourth-order valence-corrected chi connectivity index (χ4v) is 2.60. The fraction of sp³-hybridized carbons (Fsp3) is 0.105. The summed E-state index contributed by atoms with van der Waals surface area (Å²) in [7, 11) is 0. The molecule has 2 N–H and O–H groups in total. The summed E-state index contributed by atoms with van der Waals surface area (Å²) in [6.45, 7) is 3.45. The van der Waals surface area contributed by atoms with E-state index in [4.69, 9.17) is 11.6 Å². The number of nitrogens with zero attached hydrogens (tertiary/aromatic N) is 2. The first-order chi connectivity index (χ1) is 12.8. The van der Waals surface area contributed by atoms with Crippen LogP contribution in [-0.4, -0.2) is 15.9 Å². The number of anilines is 3. The Hall–Kier alpha value is -3.06. The first kappa shape index (κ1) is 18.7. The molecule has 0 radical (unpaired) electrons. The number of nitrogens with one attached hydrogen (secondary N) is 2. The molecule has 0 unspecified atom stereocenters. The normalized spacial score (nSPS) is 10.6. The summed E-state index contributed by atoms with van der Waals surface area (Å²) < 4.78 is 27.5. The predicted octanol–water partition coefficient (Wildman–Crippen LogP) is 5.02. The Bertz CT molecular complexity index is 1010. The maximum absolute atomic E-state index is 13.7. The van der Waals surface area contributed by atoms with Crippen molar-refractivity contribution in [2.45, 2.75) is 13.8 Å². The van der Waals surface area contributed by atoms with E-state index in [1.54, 1.807) is 19.1 Å². The number of carbonyl (C=O) groups is 1. The average Bonchev–Trinajstić information content (AvgIpc) is 2.61. The molecule has 0 spiro atoms. The van der Waals surface area contributed by atoms with Crippen LogP contribution in [0.2, 0.25) is 5.02 Å². The maximum Gasteiger partial charge on any atom is 0.274 e. The Morgan fingerprint density at radius 1 is 1.04 bits per heavy atom. The number of carbonyl (C=O) groups excluding carboxylic acids is 1. The summed E-state index contributed by atoms with van der Waals surface area (Å²) in [6.07, 6.45) is 0. The molecule has 0 atom stereocenters. The second-order valence-electron chi connectivity index (χ2n) is 5.77. The van der Waals surface area contributed by atoms with E-state index < -0.39 is 23.2 Å². The molecule has 3 aromatic rings. The van der Waals surface area contributed by atoms with Crippen molar-refractivity contribution in [2.75, 3.05) is 10.6 Å². The molecule has 27 heavy (non-hydrogen) atoms. The third-order valence-electron chi connectivity index (χ3n) is 3.80. The smallest absolute Gasteiger partial charge is 0.274 e. The Morgan fingerprint density at radius 2 is 1.70 bits per heavy atom. The van der Waals surface area contributed by atoms with Crippen molar-refractivity contribution < 1.29 is 13.6 Å². The molecular weight excluding hydrogens is 374 g/mol. The molecule has 0 aliphatic rings. The highest BCUT2D eigenvalue weighted by Crippen LogP contribution is 2.26. The van der Waals surface area contributed by atoms with E-state index in [9.17, 15) is 13.6 Å². The zero-order valence-electron chi connectivity index (χ0n) is 14.5. The van der Waals surface area contributed by atoms with Crippen molar-refractivity contribution >= 4 is 34.7 Å². The van der Waals surface area contributed by atoms with E-state index >= 15 is 0 Å². The van der Waals surface area contributed by atoms with Gasteiger partial charge in [0.2, 0.25) is 0 Å². The SMILES string of the molecule is Cc1nc(Nc2cccc(Cl)c2C)cc(C(=O)Nc2c(F)cccc2F)n1. The molecule has 0 bridgehead atoms. The number of hydrogen-bond acceptors (Lipinski definition) is 4. The minimum Gasteiger partial charge on any atom is -0.340 e. The highest BCUT2D eigenvalue weighted by atomic mass is 35.5. The molecule has 5 nitrogen and oxygen atoms in total. The van der Waals surface area contributed by atoms with Gasteiger partial charge < -0.3 is 10.6 Å². The summed E-state index contributed by atoms with van der Waals surface area (Å²) in [5.74, 6) is -1.83. The van der Waals surface area contributed by atoms with Crippen LogP contribution in [0.15, 0.2) is 42.5 Å². The van der Waals surface area contributed by atoms with Crippen molar-refractivity contribution in [3.8, 4) is 0 Å². The van der Waals surface area contributed by atoms with E-state index in [1.807, 2.05) is 13.0 Å². The lowest BCUT2D eigenvalue weighted by molar-refractivity contribution is 0.102. The van der Waals surface area contributed by atoms with Crippen molar-refractivity contribution in [3.63, 3.8) is 0 Å². The van der Waals surface area contributed by atoms with Gasteiger partial charge in [-0.1, -0.05) is 23.7 Å². The topological polar surface area (TPSA) is 66.9 Å². The van der Waals surface area contributed by atoms with Gasteiger partial charge in [-0.3, -0.25) is 4.79 Å². The van der Waals surface area contributed by atoms with Gasteiger partial charge in [0, 0.05) is 16.8 Å². The first-order valence-corrected chi connectivity index (χ1v) is 8.36. The largest absolute Gasteiger partial charge is 0.340 e. The quantitative estimate of drug-likeness (QED) is 0.658. The molecule has 1 amide bonds. The van der Waals surface area contributed by atoms with Crippen molar-refractivity contribution in [2.24, 2.45) is 0 Å². The van der Waals surface area contributed by atoms with Crippen LogP contribution in [0.4, 0.5) is 26.0 Å². The third-order valence-corrected chi connectivity index (χ3v) is 4.21. The van der Waals surface area contributed by atoms with E-state index in [0.29, 0.717) is 22.4 Å². The molecule has 8 heteroatoms. The van der Waals surface area contributed by atoms with E-state index in [2.05, 4.69) is 20.6 Å². The molecule has 2 aromatic carbocycles. The van der Waals surface area contributed by atoms with Gasteiger partial charge in [-0.25, -0.2) is 18.7 Å². The molecule has 1 aromatic heterocycles. The van der Waals surface area contributed by atoms with Crippen LogP contribution in [0.1, 0.15) is 21.9 Å². The number of amides is 1. The number of para-hydroxylation sites is 1. The van der Waals surface area contributed by atoms with Gasteiger partial charge in [-0.15, -0.1) is 0 Å². The van der Waals surface area contributed by atoms with Gasteiger partial charge in [0.05, 0.1) is 0 Å². The van der Waals surface area contributed by atoms with Gasteiger partial charge in [-0.05, 0) is 43.7 Å². The molecule has 138 valence electrons. The van der Waals surface area contributed by atoms with Gasteiger partial charge in [0.25, 0.3) is 5.91 Å². The van der Waals surface area contributed by atoms with Crippen LogP contribution in [0.25, 0.3) is 0 Å². The number of benzene rings is 2. The molecule has 1 heterocycles. The summed E-state index contributed by atoms with van der Waals surface area (Å²) in [5, 5.41) is 5.86. The Kier molecular flexibility index (Phi) is 5.32. The molecule has 3 rings (SSSR count). The molecule has 0 saturated carbocycles. The molecular formula is C19H15ClF2N4O. The number of hydrogen-bond donors (Lipinski definition) is 2. The van der Waals surface area contributed by atoms with Gasteiger partial charge >= 0.3 is 0 Å². The summed E-state index contributed by atoms with van der Waals surface area (Å²) in [6, 6.07) is 10.1. The van der Waals surface area contributed by atoms with Crippen LogP contribution < -0.4 is 10.6 Å². The average molecular weight is 389 g/mol. The number of halogens is 3. The molecule has 0 aliphatic carbocycles.